The minimum absolute atomic E-state index is 0.0605. The van der Waals surface area contributed by atoms with Gasteiger partial charge in [-0.2, -0.15) is 0 Å². The molecule has 0 spiro atoms. The number of nitrogens with one attached hydrogen (secondary N) is 2. The first kappa shape index (κ1) is 15.3. The highest BCUT2D eigenvalue weighted by atomic mass is 32.2. The predicted octanol–water partition coefficient (Wildman–Crippen LogP) is 3.98. The van der Waals surface area contributed by atoms with Gasteiger partial charge < -0.3 is 10.3 Å². The van der Waals surface area contributed by atoms with Crippen molar-refractivity contribution in [2.24, 2.45) is 0 Å². The number of amides is 1. The number of thioether (sulfide) groups is 1. The van der Waals surface area contributed by atoms with E-state index in [4.69, 9.17) is 0 Å². The lowest BCUT2D eigenvalue weighted by molar-refractivity contribution is -0.120. The molecule has 1 saturated carbocycles. The molecular formula is C19H19N3OS. The lowest BCUT2D eigenvalue weighted by Crippen LogP contribution is -2.29. The molecule has 1 aromatic heterocycles. The van der Waals surface area contributed by atoms with Gasteiger partial charge in [-0.3, -0.25) is 4.79 Å². The lowest BCUT2D eigenvalue weighted by atomic mass is 10.1. The highest BCUT2D eigenvalue weighted by Crippen LogP contribution is 2.35. The average Bonchev–Trinajstić information content (AvgIpc) is 3.30. The van der Waals surface area contributed by atoms with Gasteiger partial charge in [-0.1, -0.05) is 48.2 Å². The Balaban J connectivity index is 1.63. The smallest absolute Gasteiger partial charge is 0.238 e. The summed E-state index contributed by atoms with van der Waals surface area (Å²) in [6.45, 7) is 2.06. The van der Waals surface area contributed by atoms with Crippen LogP contribution in [0.2, 0.25) is 0 Å². The van der Waals surface area contributed by atoms with Gasteiger partial charge in [0, 0.05) is 6.04 Å². The summed E-state index contributed by atoms with van der Waals surface area (Å²) < 4.78 is 0. The summed E-state index contributed by atoms with van der Waals surface area (Å²) in [5, 5.41) is 3.59. The van der Waals surface area contributed by atoms with E-state index in [-0.39, 0.29) is 11.2 Å². The van der Waals surface area contributed by atoms with Crippen LogP contribution in [0.15, 0.2) is 53.7 Å². The van der Waals surface area contributed by atoms with Crippen molar-refractivity contribution in [3.05, 3.63) is 59.7 Å². The molecule has 5 heteroatoms. The van der Waals surface area contributed by atoms with Crippen LogP contribution in [0, 0.1) is 6.92 Å². The number of benzene rings is 2. The maximum Gasteiger partial charge on any atom is 0.238 e. The topological polar surface area (TPSA) is 57.8 Å². The van der Waals surface area contributed by atoms with E-state index in [1.54, 1.807) is 0 Å². The lowest BCUT2D eigenvalue weighted by Gasteiger charge is -2.15. The SMILES string of the molecule is Cc1ccc2nc(SC(C(=O)NC3CC3)c3ccccc3)[nH]c2c1. The van der Waals surface area contributed by atoms with Crippen LogP contribution in [-0.2, 0) is 4.79 Å². The van der Waals surface area contributed by atoms with Crippen molar-refractivity contribution < 1.29 is 4.79 Å². The minimum atomic E-state index is -0.298. The summed E-state index contributed by atoms with van der Waals surface area (Å²) in [6, 6.07) is 16.4. The number of hydrogen-bond acceptors (Lipinski definition) is 3. The van der Waals surface area contributed by atoms with Gasteiger partial charge in [0.1, 0.15) is 5.25 Å². The van der Waals surface area contributed by atoms with Crippen molar-refractivity contribution in [2.45, 2.75) is 36.2 Å². The number of aromatic nitrogens is 2. The molecule has 24 heavy (non-hydrogen) atoms. The standard InChI is InChI=1S/C19H19N3OS/c1-12-7-10-15-16(11-12)22-19(21-15)24-17(13-5-3-2-4-6-13)18(23)20-14-8-9-14/h2-7,10-11,14,17H,8-9H2,1H3,(H,20,23)(H,21,22). The average molecular weight is 337 g/mol. The second kappa shape index (κ2) is 6.32. The van der Waals surface area contributed by atoms with Gasteiger partial charge in [0.25, 0.3) is 0 Å². The van der Waals surface area contributed by atoms with Crippen LogP contribution in [0.25, 0.3) is 11.0 Å². The molecule has 1 aliphatic rings. The number of aryl methyl sites for hydroxylation is 1. The van der Waals surface area contributed by atoms with E-state index in [1.807, 2.05) is 42.5 Å². The Morgan fingerprint density at radius 1 is 1.25 bits per heavy atom. The molecule has 122 valence electrons. The van der Waals surface area contributed by atoms with Gasteiger partial charge in [0.05, 0.1) is 11.0 Å². The first-order valence-corrected chi connectivity index (χ1v) is 9.05. The number of hydrogen-bond donors (Lipinski definition) is 2. The van der Waals surface area contributed by atoms with E-state index < -0.39 is 0 Å². The van der Waals surface area contributed by atoms with Crippen LogP contribution in [0.1, 0.15) is 29.2 Å². The Bertz CT molecular complexity index is 871. The zero-order chi connectivity index (χ0) is 16.5. The zero-order valence-electron chi connectivity index (χ0n) is 13.5. The van der Waals surface area contributed by atoms with Gasteiger partial charge in [-0.05, 0) is 43.0 Å². The van der Waals surface area contributed by atoms with E-state index in [1.165, 1.54) is 17.3 Å². The van der Waals surface area contributed by atoms with E-state index in [0.717, 1.165) is 34.6 Å². The number of rotatable bonds is 5. The van der Waals surface area contributed by atoms with Crippen LogP contribution in [0.4, 0.5) is 0 Å². The summed E-state index contributed by atoms with van der Waals surface area (Å²) in [5.41, 5.74) is 4.12. The van der Waals surface area contributed by atoms with E-state index in [9.17, 15) is 4.79 Å². The fourth-order valence-electron chi connectivity index (χ4n) is 2.67. The maximum absolute atomic E-state index is 12.7. The number of aromatic amines is 1. The third-order valence-corrected chi connectivity index (χ3v) is 5.25. The van der Waals surface area contributed by atoms with Crippen molar-refractivity contribution in [3.63, 3.8) is 0 Å². The molecule has 1 fully saturated rings. The third-order valence-electron chi connectivity index (χ3n) is 4.11. The molecule has 1 amide bonds. The summed E-state index contributed by atoms with van der Waals surface area (Å²) in [5.74, 6) is 0.0605. The van der Waals surface area contributed by atoms with Gasteiger partial charge in [-0.25, -0.2) is 4.98 Å². The fraction of sp³-hybridized carbons (Fsp3) is 0.263. The number of nitrogens with zero attached hydrogens (tertiary/aromatic N) is 1. The van der Waals surface area contributed by atoms with Crippen molar-refractivity contribution in [3.8, 4) is 0 Å². The first-order chi connectivity index (χ1) is 11.7. The molecule has 1 aliphatic carbocycles. The first-order valence-electron chi connectivity index (χ1n) is 8.17. The molecule has 0 saturated heterocycles. The van der Waals surface area contributed by atoms with Gasteiger partial charge in [-0.15, -0.1) is 0 Å². The normalized spacial score (nSPS) is 15.4. The van der Waals surface area contributed by atoms with Crippen molar-refractivity contribution in [1.82, 2.24) is 15.3 Å². The third kappa shape index (κ3) is 3.31. The fourth-order valence-corrected chi connectivity index (χ4v) is 3.68. The monoisotopic (exact) mass is 337 g/mol. The predicted molar refractivity (Wildman–Crippen MR) is 97.0 cm³/mol. The quantitative estimate of drug-likeness (QED) is 0.692. The second-order valence-electron chi connectivity index (χ2n) is 6.25. The van der Waals surface area contributed by atoms with Crippen LogP contribution in [0.5, 0.6) is 0 Å². The molecule has 2 N–H and O–H groups in total. The van der Waals surface area contributed by atoms with E-state index >= 15 is 0 Å². The molecular weight excluding hydrogens is 318 g/mol. The number of H-pyrrole nitrogens is 1. The Kier molecular flexibility index (Phi) is 4.02. The minimum Gasteiger partial charge on any atom is -0.352 e. The molecule has 1 heterocycles. The molecule has 1 unspecified atom stereocenters. The molecule has 3 aromatic rings. The number of fused-ring (bicyclic) bond motifs is 1. The maximum atomic E-state index is 12.7. The van der Waals surface area contributed by atoms with Gasteiger partial charge in [0.2, 0.25) is 5.91 Å². The Morgan fingerprint density at radius 3 is 2.79 bits per heavy atom. The molecule has 2 aromatic carbocycles. The molecule has 1 atom stereocenters. The van der Waals surface area contributed by atoms with E-state index in [0.29, 0.717) is 6.04 Å². The summed E-state index contributed by atoms with van der Waals surface area (Å²) in [4.78, 5) is 20.7. The van der Waals surface area contributed by atoms with Gasteiger partial charge >= 0.3 is 0 Å². The van der Waals surface area contributed by atoms with Crippen LogP contribution in [-0.4, -0.2) is 21.9 Å². The zero-order valence-corrected chi connectivity index (χ0v) is 14.3. The Hall–Kier alpha value is -2.27. The number of imidazole rings is 1. The Labute approximate surface area is 145 Å². The highest BCUT2D eigenvalue weighted by molar-refractivity contribution is 8.00. The highest BCUT2D eigenvalue weighted by Gasteiger charge is 2.29. The van der Waals surface area contributed by atoms with Crippen LogP contribution in [0.3, 0.4) is 0 Å². The summed E-state index contributed by atoms with van der Waals surface area (Å²) in [7, 11) is 0. The molecule has 4 nitrogen and oxygen atoms in total. The summed E-state index contributed by atoms with van der Waals surface area (Å²) in [6.07, 6.45) is 2.17. The second-order valence-corrected chi connectivity index (χ2v) is 7.35. The number of carbonyl (C=O) groups is 1. The largest absolute Gasteiger partial charge is 0.352 e. The van der Waals surface area contributed by atoms with Crippen molar-refractivity contribution >= 4 is 28.7 Å². The molecule has 0 aliphatic heterocycles. The Morgan fingerprint density at radius 2 is 2.04 bits per heavy atom. The molecule has 0 radical (unpaired) electrons. The molecule has 4 rings (SSSR count). The van der Waals surface area contributed by atoms with Crippen LogP contribution < -0.4 is 5.32 Å². The number of carbonyl (C=O) groups excluding carboxylic acids is 1. The van der Waals surface area contributed by atoms with Gasteiger partial charge in [0.15, 0.2) is 5.16 Å². The van der Waals surface area contributed by atoms with Crippen molar-refractivity contribution in [2.75, 3.05) is 0 Å². The van der Waals surface area contributed by atoms with Crippen LogP contribution >= 0.6 is 11.8 Å². The molecule has 0 bridgehead atoms. The van der Waals surface area contributed by atoms with Crippen molar-refractivity contribution in [1.29, 1.82) is 0 Å². The van der Waals surface area contributed by atoms with E-state index in [2.05, 4.69) is 28.3 Å². The summed E-state index contributed by atoms with van der Waals surface area (Å²) >= 11 is 1.47.